The van der Waals surface area contributed by atoms with Crippen LogP contribution in [0.1, 0.15) is 12.8 Å². The first-order valence-electron chi connectivity index (χ1n) is 4.27. The number of benzene rings is 1. The summed E-state index contributed by atoms with van der Waals surface area (Å²) in [6.45, 7) is 2.04. The molecule has 2 aromatic rings. The highest BCUT2D eigenvalue weighted by molar-refractivity contribution is 7.98. The molecule has 0 radical (unpaired) electrons. The van der Waals surface area contributed by atoms with E-state index < -0.39 is 0 Å². The molecule has 0 saturated heterocycles. The van der Waals surface area contributed by atoms with Crippen molar-refractivity contribution in [3.8, 4) is 0 Å². The van der Waals surface area contributed by atoms with E-state index in [9.17, 15) is 0 Å². The Kier molecular flexibility index (Phi) is 2.27. The maximum absolute atomic E-state index is 5.54. The van der Waals surface area contributed by atoms with Crippen LogP contribution in [0, 0.1) is 0 Å². The number of oxazole rings is 1. The Morgan fingerprint density at radius 3 is 3.00 bits per heavy atom. The van der Waals surface area contributed by atoms with Crippen molar-refractivity contribution < 1.29 is 4.42 Å². The van der Waals surface area contributed by atoms with Crippen LogP contribution in [0.15, 0.2) is 27.5 Å². The van der Waals surface area contributed by atoms with Crippen molar-refractivity contribution in [2.75, 3.05) is 6.26 Å². The molecule has 1 aromatic carbocycles. The minimum Gasteiger partial charge on any atom is -0.441 e. The van der Waals surface area contributed by atoms with Crippen LogP contribution < -0.4 is 0 Å². The van der Waals surface area contributed by atoms with Crippen LogP contribution in [0.3, 0.4) is 0 Å². The van der Waals surface area contributed by atoms with E-state index in [0.29, 0.717) is 0 Å². The highest BCUT2D eigenvalue weighted by Gasteiger charge is 2.03. The maximum atomic E-state index is 5.54. The van der Waals surface area contributed by atoms with Crippen molar-refractivity contribution in [2.45, 2.75) is 18.2 Å². The van der Waals surface area contributed by atoms with Crippen LogP contribution in [0.5, 0.6) is 0 Å². The first-order chi connectivity index (χ1) is 6.33. The molecule has 13 heavy (non-hydrogen) atoms. The van der Waals surface area contributed by atoms with Gasteiger partial charge in [-0.1, -0.05) is 6.92 Å². The van der Waals surface area contributed by atoms with Gasteiger partial charge in [-0.2, -0.15) is 0 Å². The Labute approximate surface area is 81.3 Å². The summed E-state index contributed by atoms with van der Waals surface area (Å²) in [5.74, 6) is 0.813. The summed E-state index contributed by atoms with van der Waals surface area (Å²) in [6, 6.07) is 6.10. The van der Waals surface area contributed by atoms with Gasteiger partial charge in [0.1, 0.15) is 5.52 Å². The summed E-state index contributed by atoms with van der Waals surface area (Å²) in [5.41, 5.74) is 1.85. The molecule has 68 valence electrons. The molecule has 3 heteroatoms. The topological polar surface area (TPSA) is 26.0 Å². The molecule has 0 aliphatic heterocycles. The van der Waals surface area contributed by atoms with E-state index in [1.165, 1.54) is 4.90 Å². The van der Waals surface area contributed by atoms with E-state index in [-0.39, 0.29) is 0 Å². The lowest BCUT2D eigenvalue weighted by atomic mass is 10.3. The fraction of sp³-hybridized carbons (Fsp3) is 0.300. The first kappa shape index (κ1) is 8.63. The largest absolute Gasteiger partial charge is 0.441 e. The van der Waals surface area contributed by atoms with Crippen molar-refractivity contribution >= 4 is 22.9 Å². The van der Waals surface area contributed by atoms with Gasteiger partial charge < -0.3 is 4.42 Å². The van der Waals surface area contributed by atoms with Crippen molar-refractivity contribution in [1.29, 1.82) is 0 Å². The second-order valence-electron chi connectivity index (χ2n) is 2.79. The van der Waals surface area contributed by atoms with E-state index >= 15 is 0 Å². The predicted octanol–water partition coefficient (Wildman–Crippen LogP) is 3.11. The fourth-order valence-corrected chi connectivity index (χ4v) is 1.66. The lowest BCUT2D eigenvalue weighted by Gasteiger charge is -1.92. The first-order valence-corrected chi connectivity index (χ1v) is 5.49. The van der Waals surface area contributed by atoms with E-state index in [0.717, 1.165) is 23.4 Å². The normalized spacial score (nSPS) is 10.9. The Hall–Kier alpha value is -0.960. The number of aromatic nitrogens is 1. The van der Waals surface area contributed by atoms with E-state index in [1.807, 2.05) is 19.1 Å². The van der Waals surface area contributed by atoms with Gasteiger partial charge in [0.05, 0.1) is 0 Å². The third-order valence-corrected chi connectivity index (χ3v) is 2.67. The number of hydrogen-bond donors (Lipinski definition) is 0. The molecular weight excluding hydrogens is 182 g/mol. The molecule has 0 N–H and O–H groups in total. The van der Waals surface area contributed by atoms with E-state index in [2.05, 4.69) is 17.3 Å². The molecule has 0 aliphatic rings. The zero-order valence-corrected chi connectivity index (χ0v) is 8.52. The lowest BCUT2D eigenvalue weighted by molar-refractivity contribution is 0.537. The third kappa shape index (κ3) is 1.56. The summed E-state index contributed by atoms with van der Waals surface area (Å²) in [5, 5.41) is 0. The van der Waals surface area contributed by atoms with Crippen LogP contribution in [-0.4, -0.2) is 11.2 Å². The van der Waals surface area contributed by atoms with Crippen LogP contribution in [0.2, 0.25) is 0 Å². The van der Waals surface area contributed by atoms with Gasteiger partial charge in [0, 0.05) is 11.3 Å². The molecule has 0 fully saturated rings. The molecule has 2 nitrogen and oxygen atoms in total. The van der Waals surface area contributed by atoms with Gasteiger partial charge >= 0.3 is 0 Å². The molecule has 2 rings (SSSR count). The zero-order chi connectivity index (χ0) is 9.26. The fourth-order valence-electron chi connectivity index (χ4n) is 1.23. The summed E-state index contributed by atoms with van der Waals surface area (Å²) in [7, 11) is 0. The number of hydrogen-bond acceptors (Lipinski definition) is 3. The SMILES string of the molecule is CCc1nc2ccc(SC)cc2o1. The standard InChI is InChI=1S/C10H11NOS/c1-3-10-11-8-5-4-7(13-2)6-9(8)12-10/h4-6H,3H2,1-2H3. The number of fused-ring (bicyclic) bond motifs is 1. The average Bonchev–Trinajstić information content (AvgIpc) is 2.58. The van der Waals surface area contributed by atoms with Crippen molar-refractivity contribution in [2.24, 2.45) is 0 Å². The van der Waals surface area contributed by atoms with Gasteiger partial charge in [0.25, 0.3) is 0 Å². The summed E-state index contributed by atoms with van der Waals surface area (Å²) >= 11 is 1.71. The van der Waals surface area contributed by atoms with Crippen LogP contribution in [0.4, 0.5) is 0 Å². The highest BCUT2D eigenvalue weighted by atomic mass is 32.2. The molecule has 0 spiro atoms. The quantitative estimate of drug-likeness (QED) is 0.685. The Bertz CT molecular complexity index is 420. The minimum absolute atomic E-state index is 0.813. The molecular formula is C10H11NOS. The monoisotopic (exact) mass is 193 g/mol. The van der Waals surface area contributed by atoms with Gasteiger partial charge in [-0.05, 0) is 24.5 Å². The molecule has 0 bridgehead atoms. The van der Waals surface area contributed by atoms with Crippen molar-refractivity contribution in [3.63, 3.8) is 0 Å². The molecule has 0 aliphatic carbocycles. The average molecular weight is 193 g/mol. The Morgan fingerprint density at radius 2 is 2.31 bits per heavy atom. The summed E-state index contributed by atoms with van der Waals surface area (Å²) < 4.78 is 5.54. The Balaban J connectivity index is 2.57. The van der Waals surface area contributed by atoms with E-state index in [1.54, 1.807) is 11.8 Å². The summed E-state index contributed by atoms with van der Waals surface area (Å²) in [6.07, 6.45) is 2.90. The van der Waals surface area contributed by atoms with Gasteiger partial charge in [-0.25, -0.2) is 4.98 Å². The number of aryl methyl sites for hydroxylation is 1. The minimum atomic E-state index is 0.813. The number of rotatable bonds is 2. The lowest BCUT2D eigenvalue weighted by Crippen LogP contribution is -1.75. The second kappa shape index (κ2) is 3.42. The molecule has 0 unspecified atom stereocenters. The van der Waals surface area contributed by atoms with Gasteiger partial charge in [0.2, 0.25) is 0 Å². The zero-order valence-electron chi connectivity index (χ0n) is 7.70. The summed E-state index contributed by atoms with van der Waals surface area (Å²) in [4.78, 5) is 5.54. The molecule has 0 amide bonds. The Morgan fingerprint density at radius 1 is 1.46 bits per heavy atom. The predicted molar refractivity (Wildman–Crippen MR) is 55.2 cm³/mol. The third-order valence-electron chi connectivity index (χ3n) is 1.94. The molecule has 1 aromatic heterocycles. The van der Waals surface area contributed by atoms with Gasteiger partial charge in [0.15, 0.2) is 11.5 Å². The molecule has 0 atom stereocenters. The van der Waals surface area contributed by atoms with Gasteiger partial charge in [-0.3, -0.25) is 0 Å². The number of thioether (sulfide) groups is 1. The molecule has 0 saturated carbocycles. The van der Waals surface area contributed by atoms with Crippen LogP contribution in [-0.2, 0) is 6.42 Å². The smallest absolute Gasteiger partial charge is 0.195 e. The molecule has 1 heterocycles. The maximum Gasteiger partial charge on any atom is 0.195 e. The van der Waals surface area contributed by atoms with Crippen molar-refractivity contribution in [3.05, 3.63) is 24.1 Å². The van der Waals surface area contributed by atoms with Crippen molar-refractivity contribution in [1.82, 2.24) is 4.98 Å². The number of nitrogens with zero attached hydrogens (tertiary/aromatic N) is 1. The van der Waals surface area contributed by atoms with Crippen LogP contribution in [0.25, 0.3) is 11.1 Å². The van der Waals surface area contributed by atoms with E-state index in [4.69, 9.17) is 4.42 Å². The van der Waals surface area contributed by atoms with Crippen LogP contribution >= 0.6 is 11.8 Å². The van der Waals surface area contributed by atoms with Gasteiger partial charge in [-0.15, -0.1) is 11.8 Å². The second-order valence-corrected chi connectivity index (χ2v) is 3.67. The highest BCUT2D eigenvalue weighted by Crippen LogP contribution is 2.22.